The topological polar surface area (TPSA) is 80.3 Å². The molecule has 0 saturated heterocycles. The number of benzene rings is 1. The quantitative estimate of drug-likeness (QED) is 0.855. The second-order valence-electron chi connectivity index (χ2n) is 6.52. The number of rotatable bonds is 4. The lowest BCUT2D eigenvalue weighted by molar-refractivity contribution is 0.0810. The molecule has 3 rings (SSSR count). The van der Waals surface area contributed by atoms with E-state index in [4.69, 9.17) is 20.4 Å². The van der Waals surface area contributed by atoms with E-state index in [0.717, 1.165) is 42.5 Å². The SMILES string of the molecule is CN(CCO)c1ccc(C2=CC(=C(C#N)C#N)OC23CCCC3)cc1. The first kappa shape index (κ1) is 17.1. The van der Waals surface area contributed by atoms with E-state index in [1.165, 1.54) is 0 Å². The average Bonchev–Trinajstić information content (AvgIpc) is 3.24. The second-order valence-corrected chi connectivity index (χ2v) is 6.52. The van der Waals surface area contributed by atoms with Crippen LogP contribution in [-0.4, -0.2) is 30.9 Å². The number of nitriles is 2. The van der Waals surface area contributed by atoms with Crippen LogP contribution in [-0.2, 0) is 4.74 Å². The van der Waals surface area contributed by atoms with Crippen LogP contribution in [0.25, 0.3) is 5.57 Å². The summed E-state index contributed by atoms with van der Waals surface area (Å²) in [5, 5.41) is 27.4. The van der Waals surface area contributed by atoms with Gasteiger partial charge in [-0.2, -0.15) is 10.5 Å². The van der Waals surface area contributed by atoms with Gasteiger partial charge in [-0.25, -0.2) is 0 Å². The molecule has 1 heterocycles. The number of aliphatic hydroxyl groups is 1. The Balaban J connectivity index is 1.98. The van der Waals surface area contributed by atoms with E-state index in [1.807, 2.05) is 54.4 Å². The highest BCUT2D eigenvalue weighted by Crippen LogP contribution is 2.50. The number of nitrogens with zero attached hydrogens (tertiary/aromatic N) is 3. The lowest BCUT2D eigenvalue weighted by Gasteiger charge is -2.28. The van der Waals surface area contributed by atoms with E-state index >= 15 is 0 Å². The zero-order chi connectivity index (χ0) is 17.9. The van der Waals surface area contributed by atoms with E-state index in [0.29, 0.717) is 12.3 Å². The van der Waals surface area contributed by atoms with Gasteiger partial charge in [0.1, 0.15) is 23.5 Å². The summed E-state index contributed by atoms with van der Waals surface area (Å²) in [6.45, 7) is 0.690. The molecule has 1 saturated carbocycles. The minimum atomic E-state index is -0.410. The first-order valence-corrected chi connectivity index (χ1v) is 8.51. The number of anilines is 1. The maximum atomic E-state index is 9.16. The van der Waals surface area contributed by atoms with E-state index in [9.17, 15) is 0 Å². The van der Waals surface area contributed by atoms with Crippen LogP contribution in [0.2, 0.25) is 0 Å². The molecule has 1 aliphatic carbocycles. The van der Waals surface area contributed by atoms with Crippen molar-refractivity contribution >= 4 is 11.3 Å². The lowest BCUT2D eigenvalue weighted by Crippen LogP contribution is -2.26. The van der Waals surface area contributed by atoms with Crippen molar-refractivity contribution in [3.05, 3.63) is 47.2 Å². The Kier molecular flexibility index (Phi) is 4.79. The molecule has 1 N–H and O–H groups in total. The summed E-state index contributed by atoms with van der Waals surface area (Å²) >= 11 is 0. The Morgan fingerprint density at radius 3 is 2.40 bits per heavy atom. The van der Waals surface area contributed by atoms with Gasteiger partial charge in [-0.3, -0.25) is 0 Å². The number of ether oxygens (including phenoxy) is 1. The third kappa shape index (κ3) is 3.12. The fraction of sp³-hybridized carbons (Fsp3) is 0.400. The Morgan fingerprint density at radius 1 is 1.20 bits per heavy atom. The maximum absolute atomic E-state index is 9.16. The fourth-order valence-electron chi connectivity index (χ4n) is 3.65. The maximum Gasteiger partial charge on any atom is 0.171 e. The van der Waals surface area contributed by atoms with E-state index in [1.54, 1.807) is 0 Å². The van der Waals surface area contributed by atoms with Gasteiger partial charge < -0.3 is 14.7 Å². The predicted molar refractivity (Wildman–Crippen MR) is 95.3 cm³/mol. The molecule has 0 radical (unpaired) electrons. The van der Waals surface area contributed by atoms with E-state index in [-0.39, 0.29) is 12.2 Å². The van der Waals surface area contributed by atoms with Crippen molar-refractivity contribution in [3.63, 3.8) is 0 Å². The molecule has 25 heavy (non-hydrogen) atoms. The van der Waals surface area contributed by atoms with Crippen molar-refractivity contribution in [3.8, 4) is 12.1 Å². The molecule has 1 aromatic carbocycles. The highest BCUT2D eigenvalue weighted by Gasteiger charge is 2.45. The van der Waals surface area contributed by atoms with Crippen LogP contribution < -0.4 is 4.90 Å². The van der Waals surface area contributed by atoms with Gasteiger partial charge in [0.15, 0.2) is 5.57 Å². The smallest absolute Gasteiger partial charge is 0.171 e. The lowest BCUT2D eigenvalue weighted by atomic mass is 9.87. The van der Waals surface area contributed by atoms with Crippen molar-refractivity contribution < 1.29 is 9.84 Å². The number of hydrogen-bond acceptors (Lipinski definition) is 5. The summed E-state index contributed by atoms with van der Waals surface area (Å²) in [7, 11) is 1.94. The zero-order valence-electron chi connectivity index (χ0n) is 14.3. The zero-order valence-corrected chi connectivity index (χ0v) is 14.3. The van der Waals surface area contributed by atoms with Crippen LogP contribution in [0.15, 0.2) is 41.7 Å². The summed E-state index contributed by atoms with van der Waals surface area (Å²) < 4.78 is 6.14. The largest absolute Gasteiger partial charge is 0.480 e. The number of aliphatic hydroxyl groups excluding tert-OH is 1. The van der Waals surface area contributed by atoms with Gasteiger partial charge in [0.05, 0.1) is 6.61 Å². The highest BCUT2D eigenvalue weighted by atomic mass is 16.5. The Bertz CT molecular complexity index is 772. The fourth-order valence-corrected chi connectivity index (χ4v) is 3.65. The Morgan fingerprint density at radius 2 is 1.84 bits per heavy atom. The third-order valence-corrected chi connectivity index (χ3v) is 5.01. The first-order chi connectivity index (χ1) is 12.1. The summed E-state index contributed by atoms with van der Waals surface area (Å²) in [6.07, 6.45) is 5.82. The van der Waals surface area contributed by atoms with Crippen LogP contribution in [0.3, 0.4) is 0 Å². The van der Waals surface area contributed by atoms with Crippen molar-refractivity contribution in [1.82, 2.24) is 0 Å². The van der Waals surface area contributed by atoms with Crippen molar-refractivity contribution in [2.75, 3.05) is 25.1 Å². The normalized spacial score (nSPS) is 17.6. The van der Waals surface area contributed by atoms with Gasteiger partial charge in [-0.1, -0.05) is 12.1 Å². The molecule has 2 aliphatic rings. The molecule has 0 atom stereocenters. The van der Waals surface area contributed by atoms with Crippen LogP contribution in [0.5, 0.6) is 0 Å². The van der Waals surface area contributed by atoms with Crippen molar-refractivity contribution in [1.29, 1.82) is 10.5 Å². The molecule has 1 aliphatic heterocycles. The van der Waals surface area contributed by atoms with E-state index < -0.39 is 5.60 Å². The summed E-state index contributed by atoms with van der Waals surface area (Å²) in [4.78, 5) is 1.99. The minimum absolute atomic E-state index is 0.0283. The molecule has 1 fully saturated rings. The predicted octanol–water partition coefficient (Wildman–Crippen LogP) is 3.14. The molecule has 128 valence electrons. The van der Waals surface area contributed by atoms with E-state index in [2.05, 4.69) is 0 Å². The molecule has 0 unspecified atom stereocenters. The van der Waals surface area contributed by atoms with Gasteiger partial charge >= 0.3 is 0 Å². The molecular weight excluding hydrogens is 314 g/mol. The molecule has 0 amide bonds. The van der Waals surface area contributed by atoms with Crippen LogP contribution in [0, 0.1) is 22.7 Å². The van der Waals surface area contributed by atoms with Gasteiger partial charge in [-0.05, 0) is 49.5 Å². The molecule has 0 bridgehead atoms. The van der Waals surface area contributed by atoms with Crippen LogP contribution >= 0.6 is 0 Å². The molecule has 0 aromatic heterocycles. The van der Waals surface area contributed by atoms with Gasteiger partial charge in [0.2, 0.25) is 0 Å². The molecule has 5 nitrogen and oxygen atoms in total. The monoisotopic (exact) mass is 335 g/mol. The van der Waals surface area contributed by atoms with Crippen molar-refractivity contribution in [2.24, 2.45) is 0 Å². The first-order valence-electron chi connectivity index (χ1n) is 8.51. The van der Waals surface area contributed by atoms with Crippen LogP contribution in [0.4, 0.5) is 5.69 Å². The van der Waals surface area contributed by atoms with Crippen LogP contribution in [0.1, 0.15) is 31.2 Å². The Labute approximate surface area is 148 Å². The summed E-state index contributed by atoms with van der Waals surface area (Å²) in [5.41, 5.74) is 2.75. The van der Waals surface area contributed by atoms with Gasteiger partial charge in [0, 0.05) is 24.9 Å². The molecular formula is C20H21N3O2. The van der Waals surface area contributed by atoms with Crippen molar-refractivity contribution in [2.45, 2.75) is 31.3 Å². The summed E-state index contributed by atoms with van der Waals surface area (Å²) in [6, 6.07) is 12.0. The molecule has 1 aromatic rings. The second kappa shape index (κ2) is 7.01. The Hall–Kier alpha value is -2.76. The number of allylic oxidation sites excluding steroid dienone is 2. The summed E-state index contributed by atoms with van der Waals surface area (Å²) in [5.74, 6) is 0.392. The molecule has 5 heteroatoms. The average molecular weight is 335 g/mol. The van der Waals surface area contributed by atoms with Gasteiger partial charge in [0.25, 0.3) is 0 Å². The van der Waals surface area contributed by atoms with Gasteiger partial charge in [-0.15, -0.1) is 0 Å². The number of likely N-dealkylation sites (N-methyl/N-ethyl adjacent to an activating group) is 1. The highest BCUT2D eigenvalue weighted by molar-refractivity contribution is 5.79. The minimum Gasteiger partial charge on any atom is -0.480 e. The standard InChI is InChI=1S/C20H21N3O2/c1-23(10-11-24)17-6-4-15(5-7-17)18-12-19(16(13-21)14-22)25-20(18)8-2-3-9-20/h4-7,12,24H,2-3,8-11H2,1H3. The molecule has 1 spiro atoms. The number of hydrogen-bond donors (Lipinski definition) is 1. The third-order valence-electron chi connectivity index (χ3n) is 5.01.